The van der Waals surface area contributed by atoms with Gasteiger partial charge in [0, 0.05) is 30.6 Å². The average Bonchev–Trinajstić information content (AvgIpc) is 3.31. The molecule has 2 aliphatic carbocycles. The van der Waals surface area contributed by atoms with Gasteiger partial charge in [0.1, 0.15) is 11.1 Å². The Morgan fingerprint density at radius 1 is 1.20 bits per heavy atom. The second kappa shape index (κ2) is 9.29. The van der Waals surface area contributed by atoms with Crippen LogP contribution in [0.4, 0.5) is 22.2 Å². The van der Waals surface area contributed by atoms with Gasteiger partial charge in [0.25, 0.3) is 0 Å². The summed E-state index contributed by atoms with van der Waals surface area (Å²) in [7, 11) is -3.22. The van der Waals surface area contributed by atoms with Gasteiger partial charge in [0.05, 0.1) is 18.5 Å². The fraction of sp³-hybridized carbons (Fsp3) is 0.435. The van der Waals surface area contributed by atoms with Gasteiger partial charge >= 0.3 is 6.09 Å². The van der Waals surface area contributed by atoms with E-state index in [4.69, 9.17) is 22.1 Å². The van der Waals surface area contributed by atoms with Crippen LogP contribution in [0.2, 0.25) is 5.02 Å². The predicted octanol–water partition coefficient (Wildman–Crippen LogP) is 2.68. The SMILES string of the molecule is CS(=O)(=O)N1CCc2ccc(Nc3ncc(Cl)c(NC4C5C=CC(C5)C4OC(N)=O)n3)cc2CC1. The molecular weight excluding hydrogens is 492 g/mol. The molecule has 4 unspecified atom stereocenters. The van der Waals surface area contributed by atoms with Crippen LogP contribution in [0.25, 0.3) is 0 Å². The van der Waals surface area contributed by atoms with Crippen LogP contribution >= 0.6 is 11.6 Å². The van der Waals surface area contributed by atoms with Crippen LogP contribution in [0.15, 0.2) is 36.5 Å². The lowest BCUT2D eigenvalue weighted by molar-refractivity contribution is 0.0853. The van der Waals surface area contributed by atoms with Crippen LogP contribution in [-0.4, -0.2) is 60.3 Å². The minimum Gasteiger partial charge on any atom is -0.444 e. The Hall–Kier alpha value is -2.89. The molecule has 0 radical (unpaired) electrons. The van der Waals surface area contributed by atoms with E-state index in [-0.39, 0.29) is 24.0 Å². The van der Waals surface area contributed by atoms with E-state index < -0.39 is 16.1 Å². The van der Waals surface area contributed by atoms with E-state index in [2.05, 4.69) is 32.8 Å². The summed E-state index contributed by atoms with van der Waals surface area (Å²) in [6, 6.07) is 5.75. The first-order chi connectivity index (χ1) is 16.7. The molecule has 1 amide bonds. The largest absolute Gasteiger partial charge is 0.444 e. The molecule has 35 heavy (non-hydrogen) atoms. The van der Waals surface area contributed by atoms with Gasteiger partial charge in [-0.15, -0.1) is 0 Å². The highest BCUT2D eigenvalue weighted by atomic mass is 35.5. The number of sulfonamides is 1. The number of rotatable bonds is 6. The van der Waals surface area contributed by atoms with Crippen LogP contribution in [0, 0.1) is 11.8 Å². The fourth-order valence-corrected chi connectivity index (χ4v) is 6.18. The number of anilines is 3. The summed E-state index contributed by atoms with van der Waals surface area (Å²) >= 11 is 6.38. The van der Waals surface area contributed by atoms with Crippen molar-refractivity contribution in [2.45, 2.75) is 31.4 Å². The molecule has 2 heterocycles. The van der Waals surface area contributed by atoms with Gasteiger partial charge in [-0.1, -0.05) is 29.8 Å². The van der Waals surface area contributed by atoms with Crippen LogP contribution in [-0.2, 0) is 27.6 Å². The third kappa shape index (κ3) is 5.07. The maximum Gasteiger partial charge on any atom is 0.404 e. The zero-order valence-corrected chi connectivity index (χ0v) is 20.7. The molecule has 1 aromatic carbocycles. The lowest BCUT2D eigenvalue weighted by Crippen LogP contribution is -2.41. The molecule has 3 aliphatic rings. The molecule has 4 atom stereocenters. The molecule has 2 aromatic rings. The third-order valence-corrected chi connectivity index (χ3v) is 8.46. The number of carbonyl (C=O) groups excluding carboxylic acids is 1. The molecule has 12 heteroatoms. The third-order valence-electron chi connectivity index (χ3n) is 6.88. The normalized spacial score (nSPS) is 25.7. The molecule has 4 N–H and O–H groups in total. The number of fused-ring (bicyclic) bond motifs is 3. The first kappa shape index (κ1) is 23.8. The van der Waals surface area contributed by atoms with Crippen LogP contribution in [0.1, 0.15) is 17.5 Å². The lowest BCUT2D eigenvalue weighted by Gasteiger charge is -2.28. The number of nitrogens with one attached hydrogen (secondary N) is 2. The maximum atomic E-state index is 11.9. The number of primary amides is 1. The van der Waals surface area contributed by atoms with Crippen molar-refractivity contribution in [2.75, 3.05) is 30.0 Å². The van der Waals surface area contributed by atoms with Crippen molar-refractivity contribution in [3.05, 3.63) is 52.7 Å². The summed E-state index contributed by atoms with van der Waals surface area (Å²) in [5, 5.41) is 6.89. The number of halogens is 1. The van der Waals surface area contributed by atoms with E-state index in [1.165, 1.54) is 16.8 Å². The van der Waals surface area contributed by atoms with Crippen LogP contribution < -0.4 is 16.4 Å². The van der Waals surface area contributed by atoms with Crippen molar-refractivity contribution in [2.24, 2.45) is 17.6 Å². The van der Waals surface area contributed by atoms with E-state index in [1.54, 1.807) is 0 Å². The van der Waals surface area contributed by atoms with E-state index in [0.717, 1.165) is 23.2 Å². The summed E-state index contributed by atoms with van der Waals surface area (Å²) in [6.07, 6.45) is 7.90. The molecule has 1 aromatic heterocycles. The zero-order valence-electron chi connectivity index (χ0n) is 19.1. The van der Waals surface area contributed by atoms with E-state index >= 15 is 0 Å². The number of hydrogen-bond acceptors (Lipinski definition) is 8. The molecule has 186 valence electrons. The molecule has 0 saturated heterocycles. The van der Waals surface area contributed by atoms with Crippen molar-refractivity contribution in [3.63, 3.8) is 0 Å². The number of carbonyl (C=O) groups is 1. The number of nitrogens with zero attached hydrogens (tertiary/aromatic N) is 3. The Balaban J connectivity index is 1.32. The van der Waals surface area contributed by atoms with E-state index in [9.17, 15) is 13.2 Å². The highest BCUT2D eigenvalue weighted by molar-refractivity contribution is 7.88. The lowest BCUT2D eigenvalue weighted by atomic mass is 9.98. The van der Waals surface area contributed by atoms with Crippen molar-refractivity contribution in [1.82, 2.24) is 14.3 Å². The van der Waals surface area contributed by atoms with Crippen molar-refractivity contribution in [1.29, 1.82) is 0 Å². The van der Waals surface area contributed by atoms with Gasteiger partial charge in [0.15, 0.2) is 5.82 Å². The summed E-state index contributed by atoms with van der Waals surface area (Å²) < 4.78 is 30.8. The smallest absolute Gasteiger partial charge is 0.404 e. The molecule has 1 saturated carbocycles. The van der Waals surface area contributed by atoms with Gasteiger partial charge in [-0.25, -0.2) is 22.5 Å². The molecule has 0 spiro atoms. The molecule has 5 rings (SSSR count). The standard InChI is InChI=1S/C23H27ClN6O4S/c1-35(32,33)30-8-6-13-4-5-17(11-14(13)7-9-30)27-23-26-12-18(24)21(29-23)28-19-15-2-3-16(10-15)20(19)34-22(25)31/h2-5,11-12,15-16,19-20H,6-10H2,1H3,(H2,25,31)(H2,26,27,28,29). The minimum atomic E-state index is -3.22. The number of nitrogens with two attached hydrogens (primary N) is 1. The summed E-state index contributed by atoms with van der Waals surface area (Å²) in [4.78, 5) is 20.3. The second-order valence-corrected chi connectivity index (χ2v) is 11.6. The molecular formula is C23H27ClN6O4S. The minimum absolute atomic E-state index is 0.112. The Kier molecular flexibility index (Phi) is 6.32. The predicted molar refractivity (Wildman–Crippen MR) is 133 cm³/mol. The van der Waals surface area contributed by atoms with Gasteiger partial charge in [0.2, 0.25) is 16.0 Å². The first-order valence-electron chi connectivity index (χ1n) is 11.4. The number of benzene rings is 1. The highest BCUT2D eigenvalue weighted by Crippen LogP contribution is 2.43. The zero-order chi connectivity index (χ0) is 24.7. The number of hydrogen-bond donors (Lipinski definition) is 3. The molecule has 10 nitrogen and oxygen atoms in total. The van der Waals surface area contributed by atoms with Gasteiger partial charge in [-0.3, -0.25) is 0 Å². The number of amides is 1. The first-order valence-corrected chi connectivity index (χ1v) is 13.7. The van der Waals surface area contributed by atoms with Gasteiger partial charge < -0.3 is 21.1 Å². The Morgan fingerprint density at radius 3 is 2.69 bits per heavy atom. The topological polar surface area (TPSA) is 140 Å². The Labute approximate surface area is 209 Å². The van der Waals surface area contributed by atoms with Crippen molar-refractivity contribution >= 4 is 45.2 Å². The monoisotopic (exact) mass is 518 g/mol. The maximum absolute atomic E-state index is 11.9. The van der Waals surface area contributed by atoms with Crippen LogP contribution in [0.3, 0.4) is 0 Å². The van der Waals surface area contributed by atoms with E-state index in [0.29, 0.717) is 42.7 Å². The fourth-order valence-electron chi connectivity index (χ4n) is 5.19. The number of ether oxygens (including phenoxy) is 1. The second-order valence-electron chi connectivity index (χ2n) is 9.18. The Bertz CT molecular complexity index is 1290. The Morgan fingerprint density at radius 2 is 1.94 bits per heavy atom. The quantitative estimate of drug-likeness (QED) is 0.496. The van der Waals surface area contributed by atoms with E-state index in [1.807, 2.05) is 18.2 Å². The average molecular weight is 519 g/mol. The summed E-state index contributed by atoms with van der Waals surface area (Å²) in [6.45, 7) is 0.930. The van der Waals surface area contributed by atoms with Gasteiger partial charge in [-0.05, 0) is 42.5 Å². The van der Waals surface area contributed by atoms with Crippen molar-refractivity contribution < 1.29 is 17.9 Å². The summed E-state index contributed by atoms with van der Waals surface area (Å²) in [5.74, 6) is 1.09. The van der Waals surface area contributed by atoms with Crippen LogP contribution in [0.5, 0.6) is 0 Å². The molecule has 1 fully saturated rings. The summed E-state index contributed by atoms with van der Waals surface area (Å²) in [5.41, 5.74) is 8.30. The van der Waals surface area contributed by atoms with Crippen molar-refractivity contribution in [3.8, 4) is 0 Å². The number of aromatic nitrogens is 2. The molecule has 1 aliphatic heterocycles. The van der Waals surface area contributed by atoms with Gasteiger partial charge in [-0.2, -0.15) is 4.98 Å². The molecule has 2 bridgehead atoms. The highest BCUT2D eigenvalue weighted by Gasteiger charge is 2.47.